The van der Waals surface area contributed by atoms with Crippen molar-refractivity contribution in [1.82, 2.24) is 16.0 Å². The van der Waals surface area contributed by atoms with E-state index >= 15 is 0 Å². The summed E-state index contributed by atoms with van der Waals surface area (Å²) in [5, 5.41) is 8.18. The molecule has 1 atom stereocenters. The fourth-order valence-corrected chi connectivity index (χ4v) is 1.24. The molecule has 0 aliphatic heterocycles. The molecule has 0 saturated heterocycles. The van der Waals surface area contributed by atoms with Crippen molar-refractivity contribution < 1.29 is 14.4 Å². The molecule has 6 nitrogen and oxygen atoms in total. The van der Waals surface area contributed by atoms with Crippen LogP contribution in [0.3, 0.4) is 0 Å². The molecule has 1 unspecified atom stereocenters. The third kappa shape index (κ3) is 8.18. The van der Waals surface area contributed by atoms with Gasteiger partial charge in [0.2, 0.25) is 17.7 Å². The molecule has 3 amide bonds. The van der Waals surface area contributed by atoms with Gasteiger partial charge in [-0.15, -0.1) is 0 Å². The minimum absolute atomic E-state index is 0.0772. The van der Waals surface area contributed by atoms with E-state index < -0.39 is 0 Å². The molecule has 0 aromatic rings. The predicted molar refractivity (Wildman–Crippen MR) is 73.3 cm³/mol. The maximum absolute atomic E-state index is 11.6. The molecule has 0 aliphatic rings. The van der Waals surface area contributed by atoms with Crippen molar-refractivity contribution in [3.8, 4) is 0 Å². The Balaban J connectivity index is 4.36. The van der Waals surface area contributed by atoms with E-state index in [1.54, 1.807) is 27.7 Å². The maximum Gasteiger partial charge on any atom is 0.222 e. The van der Waals surface area contributed by atoms with Gasteiger partial charge in [-0.25, -0.2) is 0 Å². The number of carbonyl (C=O) groups excluding carboxylic acids is 3. The topological polar surface area (TPSA) is 87.3 Å². The molecule has 0 aliphatic carbocycles. The van der Waals surface area contributed by atoms with Crippen LogP contribution in [0.25, 0.3) is 0 Å². The van der Waals surface area contributed by atoms with E-state index in [4.69, 9.17) is 0 Å². The largest absolute Gasteiger partial charge is 0.354 e. The van der Waals surface area contributed by atoms with E-state index in [2.05, 4.69) is 16.0 Å². The molecule has 0 aromatic carbocycles. The summed E-state index contributed by atoms with van der Waals surface area (Å²) in [4.78, 5) is 34.0. The summed E-state index contributed by atoms with van der Waals surface area (Å²) in [6.07, 6.45) is 0. The summed E-state index contributed by atoms with van der Waals surface area (Å²) < 4.78 is 0. The van der Waals surface area contributed by atoms with Crippen molar-refractivity contribution in [3.05, 3.63) is 0 Å². The molecule has 0 aromatic heterocycles. The van der Waals surface area contributed by atoms with Gasteiger partial charge in [0.25, 0.3) is 0 Å². The van der Waals surface area contributed by atoms with Crippen LogP contribution in [0.15, 0.2) is 0 Å². The molecular weight excluding hydrogens is 246 g/mol. The van der Waals surface area contributed by atoms with Crippen molar-refractivity contribution in [2.24, 2.45) is 11.8 Å². The lowest BCUT2D eigenvalue weighted by Gasteiger charge is -2.21. The Morgan fingerprint density at radius 2 is 1.32 bits per heavy atom. The molecule has 0 heterocycles. The second-order valence-corrected chi connectivity index (χ2v) is 5.20. The first-order valence-corrected chi connectivity index (χ1v) is 6.56. The van der Waals surface area contributed by atoms with Crippen LogP contribution in [-0.2, 0) is 14.4 Å². The van der Waals surface area contributed by atoms with Crippen LogP contribution in [0.5, 0.6) is 0 Å². The number of carbonyl (C=O) groups is 3. The zero-order chi connectivity index (χ0) is 15.0. The van der Waals surface area contributed by atoms with E-state index in [0.717, 1.165) is 0 Å². The Labute approximate surface area is 114 Å². The van der Waals surface area contributed by atoms with Gasteiger partial charge in [0.1, 0.15) is 0 Å². The average Bonchev–Trinajstić information content (AvgIpc) is 2.31. The molecule has 3 N–H and O–H groups in total. The second kappa shape index (κ2) is 8.50. The lowest BCUT2D eigenvalue weighted by Crippen LogP contribution is -2.51. The summed E-state index contributed by atoms with van der Waals surface area (Å²) >= 11 is 0. The van der Waals surface area contributed by atoms with Crippen LogP contribution >= 0.6 is 0 Å². The lowest BCUT2D eigenvalue weighted by molar-refractivity contribution is -0.126. The standard InChI is InChI=1S/C13H25N3O3/c1-8(2)12(18)15-7-11(6-14-10(5)17)16-13(19)9(3)4/h8-9,11H,6-7H2,1-5H3,(H,14,17)(H,15,18)(H,16,19). The van der Waals surface area contributed by atoms with Gasteiger partial charge >= 0.3 is 0 Å². The van der Waals surface area contributed by atoms with Crippen LogP contribution in [0, 0.1) is 11.8 Å². The van der Waals surface area contributed by atoms with E-state index in [1.165, 1.54) is 6.92 Å². The van der Waals surface area contributed by atoms with Gasteiger partial charge in [-0.1, -0.05) is 27.7 Å². The molecule has 19 heavy (non-hydrogen) atoms. The first-order chi connectivity index (χ1) is 8.73. The van der Waals surface area contributed by atoms with Gasteiger partial charge in [0, 0.05) is 31.8 Å². The van der Waals surface area contributed by atoms with Crippen LogP contribution in [0.2, 0.25) is 0 Å². The number of hydrogen-bond donors (Lipinski definition) is 3. The summed E-state index contributed by atoms with van der Waals surface area (Å²) in [5.41, 5.74) is 0. The zero-order valence-electron chi connectivity index (χ0n) is 12.4. The highest BCUT2D eigenvalue weighted by atomic mass is 16.2. The SMILES string of the molecule is CC(=O)NCC(CNC(=O)C(C)C)NC(=O)C(C)C. The molecular formula is C13H25N3O3. The Bertz CT molecular complexity index is 327. The number of nitrogens with one attached hydrogen (secondary N) is 3. The van der Waals surface area contributed by atoms with Gasteiger partial charge in [-0.2, -0.15) is 0 Å². The highest BCUT2D eigenvalue weighted by Crippen LogP contribution is 1.94. The quantitative estimate of drug-likeness (QED) is 0.611. The van der Waals surface area contributed by atoms with E-state index in [9.17, 15) is 14.4 Å². The minimum atomic E-state index is -0.304. The molecule has 0 spiro atoms. The molecule has 0 rings (SSSR count). The number of rotatable bonds is 7. The highest BCUT2D eigenvalue weighted by molar-refractivity contribution is 5.79. The lowest BCUT2D eigenvalue weighted by atomic mass is 10.1. The summed E-state index contributed by atoms with van der Waals surface area (Å²) in [6, 6.07) is -0.304. The molecule has 110 valence electrons. The van der Waals surface area contributed by atoms with Crippen LogP contribution in [-0.4, -0.2) is 36.9 Å². The van der Waals surface area contributed by atoms with Gasteiger partial charge < -0.3 is 16.0 Å². The monoisotopic (exact) mass is 271 g/mol. The number of amides is 3. The molecule has 0 radical (unpaired) electrons. The van der Waals surface area contributed by atoms with Crippen molar-refractivity contribution >= 4 is 17.7 Å². The summed E-state index contributed by atoms with van der Waals surface area (Å²) in [5.74, 6) is -0.595. The van der Waals surface area contributed by atoms with Crippen molar-refractivity contribution in [2.45, 2.75) is 40.7 Å². The first-order valence-electron chi connectivity index (χ1n) is 6.56. The van der Waals surface area contributed by atoms with E-state index in [-0.39, 0.29) is 35.6 Å². The van der Waals surface area contributed by atoms with Gasteiger partial charge in [0.15, 0.2) is 0 Å². The Morgan fingerprint density at radius 1 is 0.842 bits per heavy atom. The van der Waals surface area contributed by atoms with Crippen LogP contribution in [0.4, 0.5) is 0 Å². The summed E-state index contributed by atoms with van der Waals surface area (Å²) in [6.45, 7) is 9.18. The third-order valence-electron chi connectivity index (χ3n) is 2.52. The van der Waals surface area contributed by atoms with Crippen LogP contribution in [0.1, 0.15) is 34.6 Å². The molecule has 0 fully saturated rings. The van der Waals surface area contributed by atoms with E-state index in [0.29, 0.717) is 13.1 Å². The minimum Gasteiger partial charge on any atom is -0.354 e. The van der Waals surface area contributed by atoms with Gasteiger partial charge in [-0.05, 0) is 0 Å². The predicted octanol–water partition coefficient (Wildman–Crippen LogP) is 0.0355. The van der Waals surface area contributed by atoms with Crippen molar-refractivity contribution in [3.63, 3.8) is 0 Å². The third-order valence-corrected chi connectivity index (χ3v) is 2.52. The molecule has 0 bridgehead atoms. The Morgan fingerprint density at radius 3 is 1.74 bits per heavy atom. The molecule has 6 heteroatoms. The van der Waals surface area contributed by atoms with E-state index in [1.807, 2.05) is 0 Å². The van der Waals surface area contributed by atoms with Crippen molar-refractivity contribution in [2.75, 3.05) is 13.1 Å². The second-order valence-electron chi connectivity index (χ2n) is 5.20. The van der Waals surface area contributed by atoms with Crippen molar-refractivity contribution in [1.29, 1.82) is 0 Å². The normalized spacial score (nSPS) is 12.2. The number of hydrogen-bond acceptors (Lipinski definition) is 3. The van der Waals surface area contributed by atoms with Crippen LogP contribution < -0.4 is 16.0 Å². The highest BCUT2D eigenvalue weighted by Gasteiger charge is 2.16. The van der Waals surface area contributed by atoms with Gasteiger partial charge in [0.05, 0.1) is 6.04 Å². The van der Waals surface area contributed by atoms with Gasteiger partial charge in [-0.3, -0.25) is 14.4 Å². The smallest absolute Gasteiger partial charge is 0.222 e. The Kier molecular flexibility index (Phi) is 7.79. The molecule has 0 saturated carbocycles. The maximum atomic E-state index is 11.6. The zero-order valence-corrected chi connectivity index (χ0v) is 12.4. The fourth-order valence-electron chi connectivity index (χ4n) is 1.24. The fraction of sp³-hybridized carbons (Fsp3) is 0.769. The Hall–Kier alpha value is -1.59. The summed E-state index contributed by atoms with van der Waals surface area (Å²) in [7, 11) is 0. The average molecular weight is 271 g/mol. The first kappa shape index (κ1) is 17.4.